The fourth-order valence-electron chi connectivity index (χ4n) is 11.1. The van der Waals surface area contributed by atoms with Crippen LogP contribution in [0.3, 0.4) is 0 Å². The van der Waals surface area contributed by atoms with E-state index < -0.39 is 97.5 Å². The first-order valence-electron chi connectivity index (χ1n) is 42.4. The fourth-order valence-corrected chi connectivity index (χ4v) is 12.7. The molecule has 0 aromatic carbocycles. The van der Waals surface area contributed by atoms with Gasteiger partial charge >= 0.3 is 39.5 Å². The molecule has 0 saturated carbocycles. The third kappa shape index (κ3) is 79.3. The number of esters is 4. The van der Waals surface area contributed by atoms with Gasteiger partial charge < -0.3 is 33.8 Å². The Morgan fingerprint density at radius 3 is 0.769 bits per heavy atom. The molecule has 620 valence electrons. The Balaban J connectivity index is 5.38. The van der Waals surface area contributed by atoms with Crippen LogP contribution in [-0.4, -0.2) is 96.7 Å². The van der Waals surface area contributed by atoms with Crippen LogP contribution >= 0.6 is 15.6 Å². The van der Waals surface area contributed by atoms with Gasteiger partial charge in [-0.1, -0.05) is 309 Å². The number of ether oxygens (including phenoxy) is 4. The van der Waals surface area contributed by atoms with Crippen molar-refractivity contribution in [1.82, 2.24) is 0 Å². The summed E-state index contributed by atoms with van der Waals surface area (Å²) >= 11 is 0. The lowest BCUT2D eigenvalue weighted by molar-refractivity contribution is -0.161. The molecule has 5 unspecified atom stereocenters. The first-order chi connectivity index (χ1) is 52.7. The van der Waals surface area contributed by atoms with Crippen LogP contribution in [0.1, 0.15) is 349 Å². The Hall–Kier alpha value is -4.80. The normalized spacial score (nSPS) is 14.5. The molecule has 0 aromatic rings. The highest BCUT2D eigenvalue weighted by atomic mass is 31.2. The maximum atomic E-state index is 13.1. The number of carbonyl (C=O) groups is 4. The van der Waals surface area contributed by atoms with Gasteiger partial charge in [0.2, 0.25) is 0 Å². The summed E-state index contributed by atoms with van der Waals surface area (Å²) < 4.78 is 68.7. The summed E-state index contributed by atoms with van der Waals surface area (Å²) in [5.41, 5.74) is 0. The molecule has 0 radical (unpaired) electrons. The number of aliphatic hydroxyl groups excluding tert-OH is 1. The highest BCUT2D eigenvalue weighted by Gasteiger charge is 2.30. The van der Waals surface area contributed by atoms with E-state index in [0.29, 0.717) is 25.7 Å². The number of rotatable bonds is 79. The van der Waals surface area contributed by atoms with Gasteiger partial charge in [-0.15, -0.1) is 0 Å². The molecule has 0 aliphatic heterocycles. The zero-order chi connectivity index (χ0) is 78.9. The van der Waals surface area contributed by atoms with Gasteiger partial charge in [0.25, 0.3) is 0 Å². The number of allylic oxidation sites excluding steroid dienone is 22. The van der Waals surface area contributed by atoms with Crippen molar-refractivity contribution in [2.75, 3.05) is 39.6 Å². The molecule has 0 rings (SSSR count). The molecule has 0 bridgehead atoms. The molecule has 17 nitrogen and oxygen atoms in total. The van der Waals surface area contributed by atoms with Gasteiger partial charge in [-0.05, 0) is 148 Å². The molecule has 5 atom stereocenters. The summed E-state index contributed by atoms with van der Waals surface area (Å²) in [6.45, 7) is 4.67. The SMILES string of the molecule is CC/C=C\C/C=C\C/C=C\C/C=C\C/C=C\CCCCCC(=O)OCC(COP(=O)(O)OCC(O)COP(=O)(O)OCC(COC(=O)CCCCCCCC/C=C\C/C=C\C/C=C\CCCCC)OC(=O)CCCCCCCC/C=C\C/C=C\C/C=C\CCCCC)OC(=O)CCCCCCCCCCCCC. The average molecular weight is 1560 g/mol. The molecule has 19 heteroatoms. The molecule has 0 aromatic heterocycles. The van der Waals surface area contributed by atoms with Gasteiger partial charge in [0.05, 0.1) is 26.4 Å². The smallest absolute Gasteiger partial charge is 0.462 e. The van der Waals surface area contributed by atoms with Crippen LogP contribution in [0.25, 0.3) is 0 Å². The van der Waals surface area contributed by atoms with Crippen molar-refractivity contribution in [3.05, 3.63) is 134 Å². The molecule has 0 spiro atoms. The summed E-state index contributed by atoms with van der Waals surface area (Å²) in [6.07, 6.45) is 91.3. The van der Waals surface area contributed by atoms with Crippen molar-refractivity contribution in [1.29, 1.82) is 0 Å². The van der Waals surface area contributed by atoms with Crippen molar-refractivity contribution in [3.8, 4) is 0 Å². The second-order valence-corrected chi connectivity index (χ2v) is 30.9. The zero-order valence-electron chi connectivity index (χ0n) is 68.0. The molecular weight excluding hydrogens is 1400 g/mol. The Morgan fingerprint density at radius 1 is 0.269 bits per heavy atom. The van der Waals surface area contributed by atoms with Crippen molar-refractivity contribution in [3.63, 3.8) is 0 Å². The third-order valence-corrected chi connectivity index (χ3v) is 19.5. The van der Waals surface area contributed by atoms with E-state index in [2.05, 4.69) is 161 Å². The molecule has 108 heavy (non-hydrogen) atoms. The lowest BCUT2D eigenvalue weighted by Gasteiger charge is -2.21. The number of phosphoric ester groups is 2. The zero-order valence-corrected chi connectivity index (χ0v) is 69.8. The van der Waals surface area contributed by atoms with Gasteiger partial charge in [0.15, 0.2) is 12.2 Å². The quantitative estimate of drug-likeness (QED) is 0.0169. The lowest BCUT2D eigenvalue weighted by Crippen LogP contribution is -2.30. The molecule has 0 aliphatic rings. The number of hydrogen-bond donors (Lipinski definition) is 3. The Morgan fingerprint density at radius 2 is 0.481 bits per heavy atom. The largest absolute Gasteiger partial charge is 0.472 e. The van der Waals surface area contributed by atoms with Crippen LogP contribution in [0.4, 0.5) is 0 Å². The Labute approximate surface area is 656 Å². The minimum atomic E-state index is -4.99. The van der Waals surface area contributed by atoms with Crippen LogP contribution in [0, 0.1) is 0 Å². The predicted molar refractivity (Wildman–Crippen MR) is 445 cm³/mol. The highest BCUT2D eigenvalue weighted by Crippen LogP contribution is 2.45. The molecular formula is C89H152O17P2. The third-order valence-electron chi connectivity index (χ3n) is 17.6. The van der Waals surface area contributed by atoms with Gasteiger partial charge in [-0.25, -0.2) is 9.13 Å². The fraction of sp³-hybridized carbons (Fsp3) is 0.708. The van der Waals surface area contributed by atoms with Gasteiger partial charge in [-0.3, -0.25) is 37.3 Å². The molecule has 0 saturated heterocycles. The summed E-state index contributed by atoms with van der Waals surface area (Å²) in [5, 5.41) is 10.7. The van der Waals surface area contributed by atoms with E-state index in [0.717, 1.165) is 193 Å². The average Bonchev–Trinajstić information content (AvgIpc) is 0.899. The van der Waals surface area contributed by atoms with E-state index in [4.69, 9.17) is 37.0 Å². The minimum Gasteiger partial charge on any atom is -0.462 e. The lowest BCUT2D eigenvalue weighted by atomic mass is 10.1. The highest BCUT2D eigenvalue weighted by molar-refractivity contribution is 7.47. The molecule has 0 heterocycles. The number of hydrogen-bond acceptors (Lipinski definition) is 15. The summed E-state index contributed by atoms with van der Waals surface area (Å²) in [7, 11) is -9.98. The van der Waals surface area contributed by atoms with Gasteiger partial charge in [0, 0.05) is 25.7 Å². The summed E-state index contributed by atoms with van der Waals surface area (Å²) in [4.78, 5) is 73.2. The van der Waals surface area contributed by atoms with Crippen molar-refractivity contribution < 1.29 is 80.2 Å². The number of aliphatic hydroxyl groups is 1. The molecule has 0 fully saturated rings. The minimum absolute atomic E-state index is 0.0747. The first-order valence-corrected chi connectivity index (χ1v) is 45.4. The van der Waals surface area contributed by atoms with E-state index in [9.17, 15) is 43.2 Å². The number of carbonyl (C=O) groups excluding carboxylic acids is 4. The van der Waals surface area contributed by atoms with Crippen LogP contribution in [-0.2, 0) is 65.4 Å². The van der Waals surface area contributed by atoms with Crippen LogP contribution in [0.5, 0.6) is 0 Å². The molecule has 0 aliphatic carbocycles. The number of unbranched alkanes of at least 4 members (excludes halogenated alkanes) is 31. The predicted octanol–water partition coefficient (Wildman–Crippen LogP) is 25.2. The van der Waals surface area contributed by atoms with Crippen molar-refractivity contribution in [2.24, 2.45) is 0 Å². The maximum Gasteiger partial charge on any atom is 0.472 e. The maximum absolute atomic E-state index is 13.1. The van der Waals surface area contributed by atoms with E-state index in [-0.39, 0.29) is 25.7 Å². The van der Waals surface area contributed by atoms with Gasteiger partial charge in [-0.2, -0.15) is 0 Å². The number of phosphoric acid groups is 2. The Bertz CT molecular complexity index is 2560. The molecule has 3 N–H and O–H groups in total. The molecule has 0 amide bonds. The van der Waals surface area contributed by atoms with Crippen molar-refractivity contribution >= 4 is 39.5 Å². The topological polar surface area (TPSA) is 237 Å². The second-order valence-electron chi connectivity index (χ2n) is 28.0. The summed E-state index contributed by atoms with van der Waals surface area (Å²) in [5.74, 6) is -2.23. The van der Waals surface area contributed by atoms with E-state index in [1.54, 1.807) is 0 Å². The van der Waals surface area contributed by atoms with Crippen LogP contribution < -0.4 is 0 Å². The first kappa shape index (κ1) is 103. The van der Waals surface area contributed by atoms with Gasteiger partial charge in [0.1, 0.15) is 19.3 Å². The van der Waals surface area contributed by atoms with E-state index in [1.165, 1.54) is 77.0 Å². The Kier molecular flexibility index (Phi) is 76.7. The van der Waals surface area contributed by atoms with E-state index in [1.807, 2.05) is 0 Å². The van der Waals surface area contributed by atoms with Crippen molar-refractivity contribution in [2.45, 2.75) is 367 Å². The van der Waals surface area contributed by atoms with Crippen LogP contribution in [0.2, 0.25) is 0 Å². The monoisotopic (exact) mass is 1560 g/mol. The van der Waals surface area contributed by atoms with E-state index >= 15 is 0 Å². The van der Waals surface area contributed by atoms with Crippen LogP contribution in [0.15, 0.2) is 134 Å². The second kappa shape index (κ2) is 80.3. The standard InChI is InChI=1S/C89H152O17P2/c1-5-9-13-17-21-25-29-32-35-38-41-44-47-50-54-57-61-65-69-73-86(91)99-79-84(105-88(93)75-71-67-63-59-53-28-24-20-16-12-8-4)81-103-107(95,96)101-77-83(90)78-102-108(97,98)104-82-85(106-89(94)76-72-68-64-60-56-52-49-46-43-40-37-34-31-27-23-19-15-11-7-3)80-100-87(92)74-70-66-62-58-55-51-48-45-42-39-36-33-30-26-22-18-14-10-6-2/h9,13,21-23,25-27,32-37,41-46,50,54,83-85,90H,5-8,10-12,14-20,24,28-31,38-40,47-49,51-53,55-82H2,1-4H3,(H,95,96)(H,97,98)/b13-9-,25-21-,26-22-,27-23-,35-32-,36-33-,37-34-,44-41-,45-42-,46-43-,54-50-. The summed E-state index contributed by atoms with van der Waals surface area (Å²) in [6, 6.07) is 0.